The van der Waals surface area contributed by atoms with Gasteiger partial charge >= 0.3 is 5.69 Å². The van der Waals surface area contributed by atoms with E-state index in [2.05, 4.69) is 21.1 Å². The Bertz CT molecular complexity index is 1410. The highest BCUT2D eigenvalue weighted by Crippen LogP contribution is 2.32. The second-order valence-corrected chi connectivity index (χ2v) is 8.17. The standard InChI is InChI=1S/C22H18N6O5S/c29-19(12-27-22(31)28(26-25-27)20-6-3-9-34-20)24-16-5-2-1-4-15(16)21(30)23-11-14-7-8-17-18(10-14)33-13-32-17/h1-10H,11-13H2,(H,23,30)(H,24,29). The minimum absolute atomic E-state index is 0.175. The number of thiophene rings is 1. The predicted octanol–water partition coefficient (Wildman–Crippen LogP) is 1.79. The van der Waals surface area contributed by atoms with Gasteiger partial charge in [0.2, 0.25) is 12.7 Å². The molecule has 2 N–H and O–H groups in total. The molecular formula is C22H18N6O5S. The highest BCUT2D eigenvalue weighted by molar-refractivity contribution is 7.12. The molecule has 5 rings (SSSR count). The van der Waals surface area contributed by atoms with Crippen molar-refractivity contribution in [1.29, 1.82) is 0 Å². The molecule has 1 aliphatic heterocycles. The summed E-state index contributed by atoms with van der Waals surface area (Å²) in [5, 5.41) is 15.5. The van der Waals surface area contributed by atoms with Gasteiger partial charge in [-0.05, 0) is 57.8 Å². The molecule has 34 heavy (non-hydrogen) atoms. The maximum absolute atomic E-state index is 12.8. The predicted molar refractivity (Wildman–Crippen MR) is 122 cm³/mol. The largest absolute Gasteiger partial charge is 0.454 e. The van der Waals surface area contributed by atoms with E-state index in [1.54, 1.807) is 48.5 Å². The van der Waals surface area contributed by atoms with E-state index in [-0.39, 0.29) is 31.4 Å². The molecule has 2 aromatic carbocycles. The number of para-hydroxylation sites is 1. The van der Waals surface area contributed by atoms with Gasteiger partial charge in [0.05, 0.1) is 11.3 Å². The second kappa shape index (κ2) is 9.19. The van der Waals surface area contributed by atoms with Crippen molar-refractivity contribution in [3.05, 3.63) is 81.6 Å². The van der Waals surface area contributed by atoms with Crippen molar-refractivity contribution in [3.63, 3.8) is 0 Å². The van der Waals surface area contributed by atoms with Gasteiger partial charge in [-0.25, -0.2) is 4.79 Å². The van der Waals surface area contributed by atoms with E-state index in [4.69, 9.17) is 9.47 Å². The maximum atomic E-state index is 12.8. The monoisotopic (exact) mass is 478 g/mol. The summed E-state index contributed by atoms with van der Waals surface area (Å²) in [6.45, 7) is 0.0883. The summed E-state index contributed by atoms with van der Waals surface area (Å²) in [4.78, 5) is 37.9. The maximum Gasteiger partial charge on any atom is 0.369 e. The van der Waals surface area contributed by atoms with Crippen LogP contribution in [0.3, 0.4) is 0 Å². The molecule has 2 aromatic heterocycles. The van der Waals surface area contributed by atoms with Crippen molar-refractivity contribution in [2.45, 2.75) is 13.1 Å². The lowest BCUT2D eigenvalue weighted by atomic mass is 10.1. The van der Waals surface area contributed by atoms with E-state index in [0.29, 0.717) is 22.2 Å². The van der Waals surface area contributed by atoms with Crippen LogP contribution in [-0.4, -0.2) is 38.4 Å². The Morgan fingerprint density at radius 3 is 2.74 bits per heavy atom. The van der Waals surface area contributed by atoms with Crippen LogP contribution in [0.25, 0.3) is 5.00 Å². The Kier molecular flexibility index (Phi) is 5.79. The molecule has 12 heteroatoms. The number of nitrogens with one attached hydrogen (secondary N) is 2. The van der Waals surface area contributed by atoms with Crippen LogP contribution in [0.1, 0.15) is 15.9 Å². The Balaban J connectivity index is 1.24. The molecule has 0 spiro atoms. The number of anilines is 1. The van der Waals surface area contributed by atoms with E-state index >= 15 is 0 Å². The third-order valence-electron chi connectivity index (χ3n) is 4.98. The lowest BCUT2D eigenvalue weighted by Crippen LogP contribution is -2.30. The quantitative estimate of drug-likeness (QED) is 0.414. The first-order valence-corrected chi connectivity index (χ1v) is 11.1. The van der Waals surface area contributed by atoms with Gasteiger partial charge in [-0.2, -0.15) is 9.36 Å². The van der Waals surface area contributed by atoms with Gasteiger partial charge in [0.15, 0.2) is 11.5 Å². The van der Waals surface area contributed by atoms with Crippen molar-refractivity contribution in [2.24, 2.45) is 0 Å². The third kappa shape index (κ3) is 4.38. The number of nitrogens with zero attached hydrogens (tertiary/aromatic N) is 4. The van der Waals surface area contributed by atoms with Crippen LogP contribution in [0, 0.1) is 0 Å². The topological polar surface area (TPSA) is 129 Å². The minimum atomic E-state index is -0.535. The second-order valence-electron chi connectivity index (χ2n) is 7.25. The molecule has 0 fully saturated rings. The fourth-order valence-corrected chi connectivity index (χ4v) is 4.01. The van der Waals surface area contributed by atoms with E-state index < -0.39 is 11.6 Å². The third-order valence-corrected chi connectivity index (χ3v) is 5.83. The summed E-state index contributed by atoms with van der Waals surface area (Å²) in [6.07, 6.45) is 0. The molecule has 0 radical (unpaired) electrons. The highest BCUT2D eigenvalue weighted by atomic mass is 32.1. The number of carbonyl (C=O) groups excluding carboxylic acids is 2. The highest BCUT2D eigenvalue weighted by Gasteiger charge is 2.17. The zero-order valence-corrected chi connectivity index (χ0v) is 18.4. The molecule has 2 amide bonds. The summed E-state index contributed by atoms with van der Waals surface area (Å²) < 4.78 is 12.7. The number of hydrogen-bond donors (Lipinski definition) is 2. The molecule has 0 saturated carbocycles. The first-order valence-electron chi connectivity index (χ1n) is 10.2. The van der Waals surface area contributed by atoms with Crippen molar-refractivity contribution in [2.75, 3.05) is 12.1 Å². The average molecular weight is 478 g/mol. The average Bonchev–Trinajstić information content (AvgIpc) is 3.60. The number of carbonyl (C=O) groups is 2. The number of rotatable bonds is 7. The summed E-state index contributed by atoms with van der Waals surface area (Å²) in [5.41, 5.74) is 0.903. The smallest absolute Gasteiger partial charge is 0.369 e. The van der Waals surface area contributed by atoms with Gasteiger partial charge < -0.3 is 20.1 Å². The number of tetrazole rings is 1. The molecule has 11 nitrogen and oxygen atoms in total. The van der Waals surface area contributed by atoms with E-state index in [1.807, 2.05) is 11.4 Å². The fourth-order valence-electron chi connectivity index (χ4n) is 3.35. The van der Waals surface area contributed by atoms with Crippen molar-refractivity contribution in [1.82, 2.24) is 25.1 Å². The van der Waals surface area contributed by atoms with Gasteiger partial charge in [-0.1, -0.05) is 18.2 Å². The zero-order chi connectivity index (χ0) is 23.5. The van der Waals surface area contributed by atoms with E-state index in [0.717, 1.165) is 14.9 Å². The van der Waals surface area contributed by atoms with Crippen molar-refractivity contribution in [3.8, 4) is 16.5 Å². The van der Waals surface area contributed by atoms with Gasteiger partial charge in [-0.3, -0.25) is 9.59 Å². The van der Waals surface area contributed by atoms with Crippen molar-refractivity contribution >= 4 is 28.8 Å². The SMILES string of the molecule is O=C(Cn1nnn(-c2cccs2)c1=O)Nc1ccccc1C(=O)NCc1ccc2c(c1)OCO2. The molecular weight excluding hydrogens is 460 g/mol. The normalized spacial score (nSPS) is 11.9. The molecule has 0 aliphatic carbocycles. The molecule has 172 valence electrons. The number of hydrogen-bond acceptors (Lipinski definition) is 8. The van der Waals surface area contributed by atoms with Gasteiger partial charge in [-0.15, -0.1) is 11.3 Å². The Morgan fingerprint density at radius 2 is 1.88 bits per heavy atom. The lowest BCUT2D eigenvalue weighted by molar-refractivity contribution is -0.117. The fraction of sp³-hybridized carbons (Fsp3) is 0.136. The molecule has 0 saturated heterocycles. The molecule has 0 atom stereocenters. The van der Waals surface area contributed by atoms with Gasteiger partial charge in [0.25, 0.3) is 5.91 Å². The van der Waals surface area contributed by atoms with Crippen LogP contribution in [0.5, 0.6) is 11.5 Å². The number of amides is 2. The first-order chi connectivity index (χ1) is 16.6. The van der Waals surface area contributed by atoms with Crippen LogP contribution < -0.4 is 25.8 Å². The van der Waals surface area contributed by atoms with Crippen LogP contribution in [0.15, 0.2) is 64.8 Å². The zero-order valence-electron chi connectivity index (χ0n) is 17.6. The summed E-state index contributed by atoms with van der Waals surface area (Å²) in [7, 11) is 0. The number of fused-ring (bicyclic) bond motifs is 1. The van der Waals surface area contributed by atoms with Crippen molar-refractivity contribution < 1.29 is 19.1 Å². The summed E-state index contributed by atoms with van der Waals surface area (Å²) in [6, 6.07) is 15.5. The van der Waals surface area contributed by atoms with E-state index in [9.17, 15) is 14.4 Å². The lowest BCUT2D eigenvalue weighted by Gasteiger charge is -2.11. The number of aromatic nitrogens is 4. The molecule has 0 unspecified atom stereocenters. The molecule has 3 heterocycles. The van der Waals surface area contributed by atoms with Crippen LogP contribution in [0.2, 0.25) is 0 Å². The summed E-state index contributed by atoms with van der Waals surface area (Å²) in [5.74, 6) is 0.411. The van der Waals surface area contributed by atoms with Crippen LogP contribution >= 0.6 is 11.3 Å². The van der Waals surface area contributed by atoms with Gasteiger partial charge in [0, 0.05) is 6.54 Å². The van der Waals surface area contributed by atoms with Crippen LogP contribution in [0.4, 0.5) is 5.69 Å². The Morgan fingerprint density at radius 1 is 1.03 bits per heavy atom. The molecule has 4 aromatic rings. The summed E-state index contributed by atoms with van der Waals surface area (Å²) >= 11 is 1.33. The minimum Gasteiger partial charge on any atom is -0.454 e. The Labute approximate surface area is 196 Å². The molecule has 0 bridgehead atoms. The van der Waals surface area contributed by atoms with Crippen LogP contribution in [-0.2, 0) is 17.9 Å². The van der Waals surface area contributed by atoms with E-state index in [1.165, 1.54) is 11.3 Å². The first kappa shape index (κ1) is 21.4. The number of ether oxygens (including phenoxy) is 2. The Hall–Kier alpha value is -4.45. The number of benzene rings is 2. The van der Waals surface area contributed by atoms with Gasteiger partial charge in [0.1, 0.15) is 11.5 Å². The molecule has 1 aliphatic rings.